The molecule has 2 aromatic carbocycles. The van der Waals surface area contributed by atoms with Crippen LogP contribution in [0.25, 0.3) is 22.8 Å². The summed E-state index contributed by atoms with van der Waals surface area (Å²) in [7, 11) is 0. The average molecular weight is 274 g/mol. The number of phenolic OH excluding ortho intramolecular Hbond substituents is 1. The van der Waals surface area contributed by atoms with Gasteiger partial charge in [0, 0.05) is 11.6 Å². The van der Waals surface area contributed by atoms with E-state index in [2.05, 4.69) is 10.1 Å². The van der Waals surface area contributed by atoms with Crippen molar-refractivity contribution < 1.29 is 18.4 Å². The lowest BCUT2D eigenvalue weighted by atomic mass is 10.2. The zero-order chi connectivity index (χ0) is 14.1. The first kappa shape index (κ1) is 12.3. The highest BCUT2D eigenvalue weighted by molar-refractivity contribution is 5.61. The predicted molar refractivity (Wildman–Crippen MR) is 66.8 cm³/mol. The van der Waals surface area contributed by atoms with Crippen molar-refractivity contribution in [2.24, 2.45) is 0 Å². The first-order chi connectivity index (χ1) is 9.63. The third-order valence-corrected chi connectivity index (χ3v) is 2.69. The summed E-state index contributed by atoms with van der Waals surface area (Å²) in [6.07, 6.45) is 0. The fraction of sp³-hybridized carbons (Fsp3) is 0. The van der Waals surface area contributed by atoms with Gasteiger partial charge >= 0.3 is 0 Å². The van der Waals surface area contributed by atoms with Crippen LogP contribution in [0.2, 0.25) is 0 Å². The summed E-state index contributed by atoms with van der Waals surface area (Å²) in [6, 6.07) is 9.34. The zero-order valence-electron chi connectivity index (χ0n) is 10.0. The lowest BCUT2D eigenvalue weighted by Gasteiger charge is -1.96. The molecule has 0 radical (unpaired) electrons. The van der Waals surface area contributed by atoms with Gasteiger partial charge in [-0.25, -0.2) is 8.78 Å². The number of rotatable bonds is 2. The molecule has 20 heavy (non-hydrogen) atoms. The van der Waals surface area contributed by atoms with Crippen molar-refractivity contribution in [3.63, 3.8) is 0 Å². The molecule has 0 aliphatic heterocycles. The van der Waals surface area contributed by atoms with Gasteiger partial charge in [0.05, 0.1) is 5.56 Å². The Morgan fingerprint density at radius 2 is 1.90 bits per heavy atom. The van der Waals surface area contributed by atoms with E-state index < -0.39 is 11.6 Å². The fourth-order valence-corrected chi connectivity index (χ4v) is 1.76. The first-order valence-electron chi connectivity index (χ1n) is 5.72. The van der Waals surface area contributed by atoms with E-state index in [-0.39, 0.29) is 23.0 Å². The van der Waals surface area contributed by atoms with E-state index in [0.29, 0.717) is 5.56 Å². The van der Waals surface area contributed by atoms with Crippen LogP contribution >= 0.6 is 0 Å². The molecule has 0 aliphatic carbocycles. The molecule has 0 bridgehead atoms. The number of aromatic nitrogens is 2. The Balaban J connectivity index is 2.02. The molecule has 0 atom stereocenters. The molecule has 1 N–H and O–H groups in total. The summed E-state index contributed by atoms with van der Waals surface area (Å²) in [4.78, 5) is 4.03. The van der Waals surface area contributed by atoms with E-state index in [1.54, 1.807) is 12.1 Å². The molecule has 0 fully saturated rings. The highest BCUT2D eigenvalue weighted by Gasteiger charge is 2.15. The molecule has 0 spiro atoms. The van der Waals surface area contributed by atoms with Crippen LogP contribution in [0, 0.1) is 11.6 Å². The van der Waals surface area contributed by atoms with E-state index in [4.69, 9.17) is 4.52 Å². The van der Waals surface area contributed by atoms with Crippen molar-refractivity contribution in [2.45, 2.75) is 0 Å². The quantitative estimate of drug-likeness (QED) is 0.778. The Morgan fingerprint density at radius 1 is 1.05 bits per heavy atom. The second kappa shape index (κ2) is 4.73. The number of nitrogens with zero attached hydrogens (tertiary/aromatic N) is 2. The van der Waals surface area contributed by atoms with Crippen molar-refractivity contribution in [1.29, 1.82) is 0 Å². The minimum Gasteiger partial charge on any atom is -0.508 e. The number of hydrogen-bond acceptors (Lipinski definition) is 4. The van der Waals surface area contributed by atoms with Gasteiger partial charge in [-0.05, 0) is 24.3 Å². The van der Waals surface area contributed by atoms with Crippen molar-refractivity contribution >= 4 is 0 Å². The summed E-state index contributed by atoms with van der Waals surface area (Å²) in [5, 5.41) is 13.1. The lowest BCUT2D eigenvalue weighted by Crippen LogP contribution is -1.86. The molecular formula is C14H8F2N2O2. The molecule has 6 heteroatoms. The second-order valence-corrected chi connectivity index (χ2v) is 4.10. The van der Waals surface area contributed by atoms with Gasteiger partial charge in [0.2, 0.25) is 5.82 Å². The average Bonchev–Trinajstić information content (AvgIpc) is 2.88. The number of hydrogen-bond donors (Lipinski definition) is 1. The Bertz CT molecular complexity index is 771. The molecule has 0 aliphatic rings. The standard InChI is InChI=1S/C14H8F2N2O2/c15-9-4-5-11(12(16)7-9)14-17-13(18-20-14)8-2-1-3-10(19)6-8/h1-7,19H. The summed E-state index contributed by atoms with van der Waals surface area (Å²) in [6.45, 7) is 0. The van der Waals surface area contributed by atoms with Gasteiger partial charge in [0.1, 0.15) is 17.4 Å². The number of phenols is 1. The van der Waals surface area contributed by atoms with Gasteiger partial charge in [-0.2, -0.15) is 4.98 Å². The molecule has 1 aromatic heterocycles. The van der Waals surface area contributed by atoms with E-state index in [1.807, 2.05) is 0 Å². The van der Waals surface area contributed by atoms with Gasteiger partial charge in [-0.3, -0.25) is 0 Å². The second-order valence-electron chi connectivity index (χ2n) is 4.10. The maximum Gasteiger partial charge on any atom is 0.261 e. The van der Waals surface area contributed by atoms with Gasteiger partial charge in [-0.1, -0.05) is 17.3 Å². The smallest absolute Gasteiger partial charge is 0.261 e. The molecule has 0 unspecified atom stereocenters. The Morgan fingerprint density at radius 3 is 2.65 bits per heavy atom. The highest BCUT2D eigenvalue weighted by atomic mass is 19.1. The van der Waals surface area contributed by atoms with Crippen LogP contribution in [-0.4, -0.2) is 15.2 Å². The third-order valence-electron chi connectivity index (χ3n) is 2.69. The minimum atomic E-state index is -0.781. The molecule has 0 saturated heterocycles. The SMILES string of the molecule is Oc1cccc(-c2noc(-c3ccc(F)cc3F)n2)c1. The van der Waals surface area contributed by atoms with Crippen LogP contribution < -0.4 is 0 Å². The van der Waals surface area contributed by atoms with E-state index in [1.165, 1.54) is 18.2 Å². The van der Waals surface area contributed by atoms with Crippen LogP contribution in [0.4, 0.5) is 8.78 Å². The van der Waals surface area contributed by atoms with Crippen LogP contribution in [0.1, 0.15) is 0 Å². The van der Waals surface area contributed by atoms with Crippen LogP contribution in [-0.2, 0) is 0 Å². The first-order valence-corrected chi connectivity index (χ1v) is 5.72. The topological polar surface area (TPSA) is 59.2 Å². The molecule has 3 rings (SSSR count). The van der Waals surface area contributed by atoms with Crippen molar-refractivity contribution in [2.75, 3.05) is 0 Å². The van der Waals surface area contributed by atoms with Crippen LogP contribution in [0.15, 0.2) is 47.0 Å². The van der Waals surface area contributed by atoms with E-state index >= 15 is 0 Å². The monoisotopic (exact) mass is 274 g/mol. The molecule has 100 valence electrons. The predicted octanol–water partition coefficient (Wildman–Crippen LogP) is 3.39. The number of benzene rings is 2. The van der Waals surface area contributed by atoms with Gasteiger partial charge < -0.3 is 9.63 Å². The molecular weight excluding hydrogens is 266 g/mol. The number of aromatic hydroxyl groups is 1. The molecule has 0 saturated carbocycles. The van der Waals surface area contributed by atoms with Crippen LogP contribution in [0.5, 0.6) is 5.75 Å². The fourth-order valence-electron chi connectivity index (χ4n) is 1.76. The normalized spacial score (nSPS) is 10.7. The zero-order valence-corrected chi connectivity index (χ0v) is 10.0. The van der Waals surface area contributed by atoms with Gasteiger partial charge in [-0.15, -0.1) is 0 Å². The Labute approximate surface area is 112 Å². The largest absolute Gasteiger partial charge is 0.508 e. The lowest BCUT2D eigenvalue weighted by molar-refractivity contribution is 0.429. The van der Waals surface area contributed by atoms with Gasteiger partial charge in [0.25, 0.3) is 5.89 Å². The van der Waals surface area contributed by atoms with Crippen molar-refractivity contribution in [1.82, 2.24) is 10.1 Å². The summed E-state index contributed by atoms with van der Waals surface area (Å²) < 4.78 is 31.4. The maximum atomic E-state index is 13.6. The van der Waals surface area contributed by atoms with E-state index in [0.717, 1.165) is 12.1 Å². The van der Waals surface area contributed by atoms with Gasteiger partial charge in [0.15, 0.2) is 0 Å². The Kier molecular flexibility index (Phi) is 2.90. The maximum absolute atomic E-state index is 13.6. The summed E-state index contributed by atoms with van der Waals surface area (Å²) >= 11 is 0. The molecule has 1 heterocycles. The minimum absolute atomic E-state index is 0.0188. The third kappa shape index (κ3) is 2.23. The molecule has 4 nitrogen and oxygen atoms in total. The summed E-state index contributed by atoms with van der Waals surface area (Å²) in [5.41, 5.74) is 0.549. The Hall–Kier alpha value is -2.76. The van der Waals surface area contributed by atoms with Crippen molar-refractivity contribution in [3.05, 3.63) is 54.1 Å². The molecule has 3 aromatic rings. The highest BCUT2D eigenvalue weighted by Crippen LogP contribution is 2.26. The summed E-state index contributed by atoms with van der Waals surface area (Å²) in [5.74, 6) is -1.25. The van der Waals surface area contributed by atoms with E-state index in [9.17, 15) is 13.9 Å². The number of halogens is 2. The molecule has 0 amide bonds. The van der Waals surface area contributed by atoms with Crippen molar-refractivity contribution in [3.8, 4) is 28.6 Å². The van der Waals surface area contributed by atoms with Crippen LogP contribution in [0.3, 0.4) is 0 Å².